The molecule has 0 aromatic heterocycles. The van der Waals surface area contributed by atoms with Crippen molar-refractivity contribution in [2.45, 2.75) is 38.7 Å². The number of aromatic carboxylic acids is 1. The maximum Gasteiger partial charge on any atom is 0.336 e. The zero-order chi connectivity index (χ0) is 12.7. The summed E-state index contributed by atoms with van der Waals surface area (Å²) in [5.41, 5.74) is 1.09. The molecule has 0 spiro atoms. The molecule has 3 unspecified atom stereocenters. The van der Waals surface area contributed by atoms with E-state index in [0.717, 1.165) is 23.7 Å². The number of fused-ring (bicyclic) bond motifs is 2. The second-order valence-electron chi connectivity index (χ2n) is 5.57. The number of hydrogen-bond acceptors (Lipinski definition) is 2. The smallest absolute Gasteiger partial charge is 0.336 e. The average molecular weight is 246 g/mol. The van der Waals surface area contributed by atoms with Crippen LogP contribution in [0.15, 0.2) is 18.2 Å². The number of carboxylic acids is 1. The van der Waals surface area contributed by atoms with Crippen molar-refractivity contribution >= 4 is 5.97 Å². The van der Waals surface area contributed by atoms with E-state index in [1.165, 1.54) is 19.3 Å². The van der Waals surface area contributed by atoms with Gasteiger partial charge in [0.2, 0.25) is 0 Å². The van der Waals surface area contributed by atoms with Gasteiger partial charge in [0.25, 0.3) is 0 Å². The predicted molar refractivity (Wildman–Crippen MR) is 68.0 cm³/mol. The van der Waals surface area contributed by atoms with Crippen LogP contribution in [0.5, 0.6) is 5.75 Å². The van der Waals surface area contributed by atoms with Gasteiger partial charge >= 0.3 is 5.97 Å². The molecule has 3 nitrogen and oxygen atoms in total. The van der Waals surface area contributed by atoms with Crippen molar-refractivity contribution in [3.63, 3.8) is 0 Å². The Kier molecular flexibility index (Phi) is 2.77. The number of hydrogen-bond donors (Lipinski definition) is 1. The Balaban J connectivity index is 1.81. The molecule has 3 rings (SSSR count). The minimum Gasteiger partial charge on any atom is -0.490 e. The summed E-state index contributed by atoms with van der Waals surface area (Å²) in [5, 5.41) is 9.10. The third-order valence-corrected chi connectivity index (χ3v) is 4.47. The van der Waals surface area contributed by atoms with E-state index in [4.69, 9.17) is 9.84 Å². The Morgan fingerprint density at radius 2 is 2.17 bits per heavy atom. The standard InChI is InChI=1S/C15H18O3/c1-9-12(15(16)17)3-2-4-13(9)18-14-8-10-5-6-11(14)7-10/h2-4,10-11,14H,5-8H2,1H3,(H,16,17). The number of rotatable bonds is 3. The van der Waals surface area contributed by atoms with Crippen molar-refractivity contribution in [2.75, 3.05) is 0 Å². The van der Waals surface area contributed by atoms with Crippen LogP contribution < -0.4 is 4.74 Å². The topological polar surface area (TPSA) is 46.5 Å². The fraction of sp³-hybridized carbons (Fsp3) is 0.533. The predicted octanol–water partition coefficient (Wildman–Crippen LogP) is 3.26. The first kappa shape index (κ1) is 11.6. The normalized spacial score (nSPS) is 29.5. The van der Waals surface area contributed by atoms with Crippen LogP contribution in [0.2, 0.25) is 0 Å². The van der Waals surface area contributed by atoms with Gasteiger partial charge in [0, 0.05) is 5.56 Å². The zero-order valence-corrected chi connectivity index (χ0v) is 10.6. The highest BCUT2D eigenvalue weighted by Crippen LogP contribution is 2.46. The van der Waals surface area contributed by atoms with Crippen LogP contribution in [0.1, 0.15) is 41.6 Å². The van der Waals surface area contributed by atoms with Crippen molar-refractivity contribution in [3.8, 4) is 5.75 Å². The van der Waals surface area contributed by atoms with Crippen LogP contribution in [0.4, 0.5) is 0 Å². The summed E-state index contributed by atoms with van der Waals surface area (Å²) in [6, 6.07) is 5.28. The highest BCUT2D eigenvalue weighted by molar-refractivity contribution is 5.90. The molecule has 2 aliphatic rings. The Morgan fingerprint density at radius 1 is 1.33 bits per heavy atom. The lowest BCUT2D eigenvalue weighted by Crippen LogP contribution is -2.24. The van der Waals surface area contributed by atoms with Crippen molar-refractivity contribution in [1.82, 2.24) is 0 Å². The summed E-state index contributed by atoms with van der Waals surface area (Å²) in [4.78, 5) is 11.1. The first-order chi connectivity index (χ1) is 8.65. The van der Waals surface area contributed by atoms with Crippen LogP contribution in [0.25, 0.3) is 0 Å². The quantitative estimate of drug-likeness (QED) is 0.890. The molecule has 2 bridgehead atoms. The summed E-state index contributed by atoms with van der Waals surface area (Å²) in [7, 11) is 0. The summed E-state index contributed by atoms with van der Waals surface area (Å²) in [5.74, 6) is 1.38. The maximum absolute atomic E-state index is 11.1. The molecule has 0 heterocycles. The van der Waals surface area contributed by atoms with Gasteiger partial charge in [0.05, 0.1) is 5.56 Å². The van der Waals surface area contributed by atoms with Gasteiger partial charge in [-0.05, 0) is 56.6 Å². The average Bonchev–Trinajstić information content (AvgIpc) is 2.93. The lowest BCUT2D eigenvalue weighted by molar-refractivity contribution is 0.0694. The zero-order valence-electron chi connectivity index (χ0n) is 10.6. The lowest BCUT2D eigenvalue weighted by Gasteiger charge is -2.24. The number of carboxylic acid groups (broad SMARTS) is 1. The summed E-state index contributed by atoms with van der Waals surface area (Å²) in [6.07, 6.45) is 5.35. The van der Waals surface area contributed by atoms with Crippen molar-refractivity contribution in [2.24, 2.45) is 11.8 Å². The number of carbonyl (C=O) groups is 1. The van der Waals surface area contributed by atoms with E-state index in [1.54, 1.807) is 12.1 Å². The Hall–Kier alpha value is -1.51. The van der Waals surface area contributed by atoms with Gasteiger partial charge in [-0.3, -0.25) is 0 Å². The fourth-order valence-electron chi connectivity index (χ4n) is 3.47. The van der Waals surface area contributed by atoms with Crippen LogP contribution in [0, 0.1) is 18.8 Å². The van der Waals surface area contributed by atoms with E-state index in [-0.39, 0.29) is 0 Å². The fourth-order valence-corrected chi connectivity index (χ4v) is 3.47. The molecule has 3 heteroatoms. The number of ether oxygens (including phenoxy) is 1. The molecule has 2 fully saturated rings. The second-order valence-corrected chi connectivity index (χ2v) is 5.57. The van der Waals surface area contributed by atoms with Gasteiger partial charge < -0.3 is 9.84 Å². The van der Waals surface area contributed by atoms with Crippen LogP contribution in [-0.4, -0.2) is 17.2 Å². The summed E-state index contributed by atoms with van der Waals surface area (Å²) < 4.78 is 6.07. The molecule has 96 valence electrons. The molecule has 0 saturated heterocycles. The SMILES string of the molecule is Cc1c(OC2CC3CCC2C3)cccc1C(=O)O. The lowest BCUT2D eigenvalue weighted by atomic mass is 9.97. The van der Waals surface area contributed by atoms with Gasteiger partial charge in [0.1, 0.15) is 11.9 Å². The largest absolute Gasteiger partial charge is 0.490 e. The molecule has 3 atom stereocenters. The van der Waals surface area contributed by atoms with E-state index in [2.05, 4.69) is 0 Å². The van der Waals surface area contributed by atoms with E-state index in [9.17, 15) is 4.79 Å². The van der Waals surface area contributed by atoms with E-state index in [0.29, 0.717) is 17.6 Å². The highest BCUT2D eigenvalue weighted by atomic mass is 16.5. The molecule has 2 saturated carbocycles. The van der Waals surface area contributed by atoms with Gasteiger partial charge in [-0.15, -0.1) is 0 Å². The second kappa shape index (κ2) is 4.30. The highest BCUT2D eigenvalue weighted by Gasteiger charge is 2.41. The summed E-state index contributed by atoms with van der Waals surface area (Å²) in [6.45, 7) is 1.83. The molecule has 0 aliphatic heterocycles. The monoisotopic (exact) mass is 246 g/mol. The van der Waals surface area contributed by atoms with Crippen molar-refractivity contribution in [3.05, 3.63) is 29.3 Å². The Morgan fingerprint density at radius 3 is 2.78 bits per heavy atom. The van der Waals surface area contributed by atoms with Gasteiger partial charge in [-0.1, -0.05) is 6.07 Å². The van der Waals surface area contributed by atoms with Gasteiger partial charge in [0.15, 0.2) is 0 Å². The molecule has 0 amide bonds. The molecule has 1 aromatic carbocycles. The molecular weight excluding hydrogens is 228 g/mol. The maximum atomic E-state index is 11.1. The van der Waals surface area contributed by atoms with Crippen LogP contribution in [-0.2, 0) is 0 Å². The first-order valence-corrected chi connectivity index (χ1v) is 6.64. The molecule has 0 radical (unpaired) electrons. The first-order valence-electron chi connectivity index (χ1n) is 6.64. The van der Waals surface area contributed by atoms with E-state index < -0.39 is 5.97 Å². The molecular formula is C15H18O3. The van der Waals surface area contributed by atoms with E-state index in [1.807, 2.05) is 13.0 Å². The molecule has 1 N–H and O–H groups in total. The van der Waals surface area contributed by atoms with Crippen molar-refractivity contribution < 1.29 is 14.6 Å². The number of benzene rings is 1. The Labute approximate surface area is 107 Å². The van der Waals surface area contributed by atoms with Gasteiger partial charge in [-0.2, -0.15) is 0 Å². The minimum atomic E-state index is -0.883. The molecule has 1 aromatic rings. The summed E-state index contributed by atoms with van der Waals surface area (Å²) >= 11 is 0. The third kappa shape index (κ3) is 1.88. The molecule has 18 heavy (non-hydrogen) atoms. The van der Waals surface area contributed by atoms with E-state index >= 15 is 0 Å². The van der Waals surface area contributed by atoms with Crippen molar-refractivity contribution in [1.29, 1.82) is 0 Å². The third-order valence-electron chi connectivity index (χ3n) is 4.47. The van der Waals surface area contributed by atoms with Crippen LogP contribution >= 0.6 is 0 Å². The van der Waals surface area contributed by atoms with Crippen LogP contribution in [0.3, 0.4) is 0 Å². The minimum absolute atomic E-state index is 0.298. The Bertz CT molecular complexity index is 481. The van der Waals surface area contributed by atoms with Gasteiger partial charge in [-0.25, -0.2) is 4.79 Å². The molecule has 2 aliphatic carbocycles.